The summed E-state index contributed by atoms with van der Waals surface area (Å²) in [6.45, 7) is 2.97. The summed E-state index contributed by atoms with van der Waals surface area (Å²) in [4.78, 5) is 15.4. The lowest BCUT2D eigenvalue weighted by Gasteiger charge is -2.36. The first-order valence-corrected chi connectivity index (χ1v) is 6.19. The van der Waals surface area contributed by atoms with Crippen LogP contribution in [0.5, 0.6) is 0 Å². The van der Waals surface area contributed by atoms with E-state index in [1.807, 2.05) is 11.0 Å². The number of carbonyl (C=O) groups is 1. The molecule has 0 bridgehead atoms. The summed E-state index contributed by atoms with van der Waals surface area (Å²) in [5.41, 5.74) is 5.98. The van der Waals surface area contributed by atoms with Crippen molar-refractivity contribution in [3.63, 3.8) is 0 Å². The maximum atomic E-state index is 13.6. The van der Waals surface area contributed by atoms with Crippen molar-refractivity contribution < 1.29 is 9.18 Å². The molecule has 1 fully saturated rings. The van der Waals surface area contributed by atoms with Gasteiger partial charge < -0.3 is 15.5 Å². The highest BCUT2D eigenvalue weighted by Crippen LogP contribution is 2.20. The van der Waals surface area contributed by atoms with Gasteiger partial charge in [0.1, 0.15) is 5.82 Å². The predicted octanol–water partition coefficient (Wildman–Crippen LogP) is 0.823. The summed E-state index contributed by atoms with van der Waals surface area (Å²) in [6, 6.07) is 6.73. The summed E-state index contributed by atoms with van der Waals surface area (Å²) in [6.07, 6.45) is 0.389. The number of piperazine rings is 1. The SMILES string of the molecule is NCCC(=O)N1CCN(c2ccccc2F)CC1. The molecule has 2 rings (SSSR count). The second-order valence-electron chi connectivity index (χ2n) is 4.36. The number of para-hydroxylation sites is 1. The molecule has 4 nitrogen and oxygen atoms in total. The van der Waals surface area contributed by atoms with E-state index in [0.29, 0.717) is 44.8 Å². The first-order valence-electron chi connectivity index (χ1n) is 6.19. The molecule has 0 aromatic heterocycles. The minimum atomic E-state index is -0.209. The van der Waals surface area contributed by atoms with E-state index in [-0.39, 0.29) is 11.7 Å². The molecule has 0 atom stereocenters. The first-order chi connectivity index (χ1) is 8.72. The van der Waals surface area contributed by atoms with Gasteiger partial charge >= 0.3 is 0 Å². The van der Waals surface area contributed by atoms with E-state index < -0.39 is 0 Å². The molecule has 1 aromatic rings. The summed E-state index contributed by atoms with van der Waals surface area (Å²) >= 11 is 0. The molecule has 1 aromatic carbocycles. The summed E-state index contributed by atoms with van der Waals surface area (Å²) in [7, 11) is 0. The molecule has 98 valence electrons. The molecule has 5 heteroatoms. The van der Waals surface area contributed by atoms with Gasteiger partial charge in [-0.15, -0.1) is 0 Å². The number of hydrogen-bond donors (Lipinski definition) is 1. The maximum absolute atomic E-state index is 13.6. The average Bonchev–Trinajstić information content (AvgIpc) is 2.40. The van der Waals surface area contributed by atoms with Crippen LogP contribution < -0.4 is 10.6 Å². The first kappa shape index (κ1) is 12.8. The molecular formula is C13H18FN3O. The van der Waals surface area contributed by atoms with Gasteiger partial charge in [0.15, 0.2) is 0 Å². The van der Waals surface area contributed by atoms with Crippen molar-refractivity contribution in [2.75, 3.05) is 37.6 Å². The normalized spacial score (nSPS) is 15.9. The molecule has 2 N–H and O–H groups in total. The predicted molar refractivity (Wildman–Crippen MR) is 68.9 cm³/mol. The zero-order valence-corrected chi connectivity index (χ0v) is 10.3. The van der Waals surface area contributed by atoms with Gasteiger partial charge in [0.05, 0.1) is 5.69 Å². The number of nitrogens with two attached hydrogens (primary N) is 1. The van der Waals surface area contributed by atoms with Gasteiger partial charge in [-0.3, -0.25) is 4.79 Å². The topological polar surface area (TPSA) is 49.6 Å². The van der Waals surface area contributed by atoms with Crippen LogP contribution in [-0.4, -0.2) is 43.5 Å². The van der Waals surface area contributed by atoms with Gasteiger partial charge in [-0.05, 0) is 12.1 Å². The fourth-order valence-corrected chi connectivity index (χ4v) is 2.19. The third-order valence-corrected chi connectivity index (χ3v) is 3.18. The molecule has 18 heavy (non-hydrogen) atoms. The molecule has 1 aliphatic rings. The van der Waals surface area contributed by atoms with Crippen LogP contribution in [0.15, 0.2) is 24.3 Å². The number of nitrogens with zero attached hydrogens (tertiary/aromatic N) is 2. The molecule has 1 heterocycles. The van der Waals surface area contributed by atoms with Crippen molar-refractivity contribution >= 4 is 11.6 Å². The van der Waals surface area contributed by atoms with Crippen LogP contribution in [0.25, 0.3) is 0 Å². The molecule has 1 aliphatic heterocycles. The fraction of sp³-hybridized carbons (Fsp3) is 0.462. The number of amides is 1. The summed E-state index contributed by atoms with van der Waals surface area (Å²) in [5, 5.41) is 0. The lowest BCUT2D eigenvalue weighted by molar-refractivity contribution is -0.131. The molecule has 0 saturated carbocycles. The number of hydrogen-bond acceptors (Lipinski definition) is 3. The minimum Gasteiger partial charge on any atom is -0.366 e. The Labute approximate surface area is 106 Å². The van der Waals surface area contributed by atoms with Crippen LogP contribution in [0.2, 0.25) is 0 Å². The van der Waals surface area contributed by atoms with Gasteiger partial charge in [-0.1, -0.05) is 12.1 Å². The van der Waals surface area contributed by atoms with Crippen molar-refractivity contribution in [2.24, 2.45) is 5.73 Å². The smallest absolute Gasteiger partial charge is 0.223 e. The van der Waals surface area contributed by atoms with Crippen LogP contribution in [-0.2, 0) is 4.79 Å². The zero-order chi connectivity index (χ0) is 13.0. The van der Waals surface area contributed by atoms with E-state index in [0.717, 1.165) is 0 Å². The van der Waals surface area contributed by atoms with Crippen molar-refractivity contribution in [1.29, 1.82) is 0 Å². The standard InChI is InChI=1S/C13H18FN3O/c14-11-3-1-2-4-12(11)16-7-9-17(10-8-16)13(18)5-6-15/h1-4H,5-10,15H2. The Balaban J connectivity index is 1.95. The van der Waals surface area contributed by atoms with Gasteiger partial charge in [0, 0.05) is 39.1 Å². The molecule has 0 spiro atoms. The lowest BCUT2D eigenvalue weighted by atomic mass is 10.2. The quantitative estimate of drug-likeness (QED) is 0.865. The number of rotatable bonds is 3. The minimum absolute atomic E-state index is 0.0886. The van der Waals surface area contributed by atoms with E-state index in [9.17, 15) is 9.18 Å². The second kappa shape index (κ2) is 5.82. The zero-order valence-electron chi connectivity index (χ0n) is 10.3. The maximum Gasteiger partial charge on any atom is 0.223 e. The molecule has 1 saturated heterocycles. The summed E-state index contributed by atoms with van der Waals surface area (Å²) < 4.78 is 13.6. The van der Waals surface area contributed by atoms with Crippen LogP contribution in [0.4, 0.5) is 10.1 Å². The van der Waals surface area contributed by atoms with E-state index in [2.05, 4.69) is 0 Å². The molecule has 0 radical (unpaired) electrons. The van der Waals surface area contributed by atoms with Gasteiger partial charge in [-0.2, -0.15) is 0 Å². The highest BCUT2D eigenvalue weighted by Gasteiger charge is 2.21. The average molecular weight is 251 g/mol. The van der Waals surface area contributed by atoms with Crippen molar-refractivity contribution in [3.05, 3.63) is 30.1 Å². The van der Waals surface area contributed by atoms with Crippen LogP contribution >= 0.6 is 0 Å². The Morgan fingerprint density at radius 1 is 1.22 bits per heavy atom. The highest BCUT2D eigenvalue weighted by molar-refractivity contribution is 5.76. The van der Waals surface area contributed by atoms with Gasteiger partial charge in [0.25, 0.3) is 0 Å². The monoisotopic (exact) mass is 251 g/mol. The fourth-order valence-electron chi connectivity index (χ4n) is 2.19. The number of halogens is 1. The van der Waals surface area contributed by atoms with Gasteiger partial charge in [-0.25, -0.2) is 4.39 Å². The highest BCUT2D eigenvalue weighted by atomic mass is 19.1. The van der Waals surface area contributed by atoms with Crippen LogP contribution in [0.3, 0.4) is 0 Å². The number of anilines is 1. The number of carbonyl (C=O) groups excluding carboxylic acids is 1. The largest absolute Gasteiger partial charge is 0.366 e. The summed E-state index contributed by atoms with van der Waals surface area (Å²) in [5.74, 6) is -0.120. The lowest BCUT2D eigenvalue weighted by Crippen LogP contribution is -2.49. The van der Waals surface area contributed by atoms with Crippen molar-refractivity contribution in [2.45, 2.75) is 6.42 Å². The third kappa shape index (κ3) is 2.79. The second-order valence-corrected chi connectivity index (χ2v) is 4.36. The Kier molecular flexibility index (Phi) is 4.15. The van der Waals surface area contributed by atoms with Crippen molar-refractivity contribution in [3.8, 4) is 0 Å². The van der Waals surface area contributed by atoms with E-state index in [4.69, 9.17) is 5.73 Å². The Morgan fingerprint density at radius 2 is 1.89 bits per heavy atom. The molecule has 0 aliphatic carbocycles. The third-order valence-electron chi connectivity index (χ3n) is 3.18. The van der Waals surface area contributed by atoms with Crippen LogP contribution in [0.1, 0.15) is 6.42 Å². The molecule has 1 amide bonds. The number of benzene rings is 1. The van der Waals surface area contributed by atoms with Gasteiger partial charge in [0.2, 0.25) is 5.91 Å². The van der Waals surface area contributed by atoms with E-state index in [1.54, 1.807) is 17.0 Å². The molecule has 0 unspecified atom stereocenters. The molecular weight excluding hydrogens is 233 g/mol. The van der Waals surface area contributed by atoms with E-state index >= 15 is 0 Å². The Morgan fingerprint density at radius 3 is 2.50 bits per heavy atom. The van der Waals surface area contributed by atoms with Crippen molar-refractivity contribution in [1.82, 2.24) is 4.90 Å². The van der Waals surface area contributed by atoms with Crippen LogP contribution in [0, 0.1) is 5.82 Å². The van der Waals surface area contributed by atoms with E-state index in [1.165, 1.54) is 6.07 Å². The Hall–Kier alpha value is -1.62. The Bertz CT molecular complexity index is 416.